The number of hydrogen-bond acceptors (Lipinski definition) is 3. The minimum atomic E-state index is -0.578. The zero-order chi connectivity index (χ0) is 14.7. The fraction of sp³-hybridized carbons (Fsp3) is 0.857. The molecule has 0 radical (unpaired) electrons. The van der Waals surface area contributed by atoms with Crippen LogP contribution in [0.3, 0.4) is 0 Å². The van der Waals surface area contributed by atoms with Gasteiger partial charge in [0.05, 0.1) is 7.11 Å². The minimum Gasteiger partial charge on any atom is -0.467 e. The van der Waals surface area contributed by atoms with E-state index >= 15 is 0 Å². The average molecular weight is 272 g/mol. The second kappa shape index (κ2) is 10.6. The van der Waals surface area contributed by atoms with Gasteiger partial charge < -0.3 is 15.4 Å². The number of nitrogens with one attached hydrogen (secondary N) is 2. The van der Waals surface area contributed by atoms with Gasteiger partial charge >= 0.3 is 12.0 Å². The zero-order valence-corrected chi connectivity index (χ0v) is 12.6. The van der Waals surface area contributed by atoms with Gasteiger partial charge in [0, 0.05) is 6.54 Å². The molecular weight excluding hydrogens is 244 g/mol. The van der Waals surface area contributed by atoms with Gasteiger partial charge in [0.2, 0.25) is 0 Å². The van der Waals surface area contributed by atoms with Crippen LogP contribution in [0.5, 0.6) is 0 Å². The summed E-state index contributed by atoms with van der Waals surface area (Å²) in [6.07, 6.45) is 5.23. The van der Waals surface area contributed by atoms with Crippen molar-refractivity contribution in [2.24, 2.45) is 5.92 Å². The zero-order valence-electron chi connectivity index (χ0n) is 12.6. The van der Waals surface area contributed by atoms with E-state index in [4.69, 9.17) is 4.74 Å². The lowest BCUT2D eigenvalue weighted by Crippen LogP contribution is -2.49. The van der Waals surface area contributed by atoms with Crippen molar-refractivity contribution in [1.82, 2.24) is 10.6 Å². The van der Waals surface area contributed by atoms with Crippen LogP contribution in [-0.4, -0.2) is 31.7 Å². The Hall–Kier alpha value is -1.26. The number of rotatable bonds is 9. The molecule has 0 aliphatic heterocycles. The predicted octanol–water partition coefficient (Wildman–Crippen LogP) is 2.45. The van der Waals surface area contributed by atoms with E-state index < -0.39 is 12.0 Å². The molecular formula is C14H28N2O3. The van der Waals surface area contributed by atoms with Crippen molar-refractivity contribution in [3.8, 4) is 0 Å². The molecule has 2 atom stereocenters. The molecule has 0 aromatic carbocycles. The van der Waals surface area contributed by atoms with Gasteiger partial charge in [0.25, 0.3) is 0 Å². The highest BCUT2D eigenvalue weighted by atomic mass is 16.5. The summed E-state index contributed by atoms with van der Waals surface area (Å²) in [5.74, 6) is -0.339. The summed E-state index contributed by atoms with van der Waals surface area (Å²) in [6.45, 7) is 6.68. The Morgan fingerprint density at radius 1 is 1.16 bits per heavy atom. The van der Waals surface area contributed by atoms with Crippen LogP contribution in [-0.2, 0) is 9.53 Å². The van der Waals surface area contributed by atoms with Crippen molar-refractivity contribution >= 4 is 12.0 Å². The summed E-state index contributed by atoms with van der Waals surface area (Å²) in [5.41, 5.74) is 0. The molecule has 0 saturated heterocycles. The molecule has 112 valence electrons. The standard InChI is InChI=1S/C14H28N2O3/c1-5-7-8-9-10-15-14(18)16-12(11(3)6-2)13(17)19-4/h11-12H,5-10H2,1-4H3,(H2,15,16,18). The number of carbonyl (C=O) groups is 2. The third-order valence-corrected chi connectivity index (χ3v) is 3.27. The quantitative estimate of drug-likeness (QED) is 0.500. The van der Waals surface area contributed by atoms with Gasteiger partial charge in [-0.1, -0.05) is 46.5 Å². The monoisotopic (exact) mass is 272 g/mol. The summed E-state index contributed by atoms with van der Waals surface area (Å²) in [5, 5.41) is 5.46. The van der Waals surface area contributed by atoms with E-state index in [1.807, 2.05) is 13.8 Å². The number of hydrogen-bond donors (Lipinski definition) is 2. The predicted molar refractivity (Wildman–Crippen MR) is 75.9 cm³/mol. The molecule has 5 heteroatoms. The Labute approximate surface area is 116 Å². The van der Waals surface area contributed by atoms with Gasteiger partial charge in [-0.2, -0.15) is 0 Å². The second-order valence-corrected chi connectivity index (χ2v) is 4.85. The molecule has 0 heterocycles. The van der Waals surface area contributed by atoms with Gasteiger partial charge in [0.1, 0.15) is 6.04 Å². The van der Waals surface area contributed by atoms with Crippen LogP contribution in [0.2, 0.25) is 0 Å². The summed E-state index contributed by atoms with van der Waals surface area (Å²) in [6, 6.07) is -0.877. The number of ether oxygens (including phenoxy) is 1. The molecule has 2 N–H and O–H groups in total. The van der Waals surface area contributed by atoms with Crippen LogP contribution >= 0.6 is 0 Å². The molecule has 19 heavy (non-hydrogen) atoms. The van der Waals surface area contributed by atoms with Gasteiger partial charge in [-0.15, -0.1) is 0 Å². The SMILES string of the molecule is CCCCCCNC(=O)NC(C(=O)OC)C(C)CC. The van der Waals surface area contributed by atoms with Gasteiger partial charge in [-0.3, -0.25) is 0 Å². The first-order valence-corrected chi connectivity index (χ1v) is 7.18. The first kappa shape index (κ1) is 17.7. The summed E-state index contributed by atoms with van der Waals surface area (Å²) in [7, 11) is 1.34. The highest BCUT2D eigenvalue weighted by Gasteiger charge is 2.26. The first-order valence-electron chi connectivity index (χ1n) is 7.18. The summed E-state index contributed by atoms with van der Waals surface area (Å²) in [4.78, 5) is 23.3. The molecule has 0 spiro atoms. The van der Waals surface area contributed by atoms with Crippen molar-refractivity contribution in [3.05, 3.63) is 0 Å². The molecule has 5 nitrogen and oxygen atoms in total. The fourth-order valence-corrected chi connectivity index (χ4v) is 1.74. The Morgan fingerprint density at radius 3 is 2.37 bits per heavy atom. The van der Waals surface area contributed by atoms with Gasteiger partial charge in [0.15, 0.2) is 0 Å². The molecule has 0 saturated carbocycles. The van der Waals surface area contributed by atoms with Crippen LogP contribution in [0.4, 0.5) is 4.79 Å². The highest BCUT2D eigenvalue weighted by molar-refractivity contribution is 5.83. The molecule has 2 amide bonds. The maximum absolute atomic E-state index is 11.7. The van der Waals surface area contributed by atoms with E-state index in [2.05, 4.69) is 17.6 Å². The molecule has 0 aromatic rings. The Kier molecular flexibility index (Phi) is 9.94. The third-order valence-electron chi connectivity index (χ3n) is 3.27. The summed E-state index contributed by atoms with van der Waals surface area (Å²) < 4.78 is 4.71. The normalized spacial score (nSPS) is 13.5. The van der Waals surface area contributed by atoms with Crippen LogP contribution < -0.4 is 10.6 Å². The van der Waals surface area contributed by atoms with Crippen LogP contribution in [0.15, 0.2) is 0 Å². The van der Waals surface area contributed by atoms with E-state index in [1.54, 1.807) is 0 Å². The molecule has 0 aliphatic carbocycles. The fourth-order valence-electron chi connectivity index (χ4n) is 1.74. The van der Waals surface area contributed by atoms with Crippen LogP contribution in [0.1, 0.15) is 52.9 Å². The Morgan fingerprint density at radius 2 is 1.84 bits per heavy atom. The maximum Gasteiger partial charge on any atom is 0.328 e. The number of amides is 2. The lowest BCUT2D eigenvalue weighted by molar-refractivity contribution is -0.144. The number of carbonyl (C=O) groups excluding carboxylic acids is 2. The van der Waals surface area contributed by atoms with Crippen molar-refractivity contribution in [3.63, 3.8) is 0 Å². The smallest absolute Gasteiger partial charge is 0.328 e. The summed E-state index contributed by atoms with van der Waals surface area (Å²) >= 11 is 0. The number of esters is 1. The van der Waals surface area contributed by atoms with E-state index in [1.165, 1.54) is 20.0 Å². The van der Waals surface area contributed by atoms with Crippen LogP contribution in [0.25, 0.3) is 0 Å². The van der Waals surface area contributed by atoms with Gasteiger partial charge in [-0.05, 0) is 12.3 Å². The molecule has 0 aliphatic rings. The molecule has 2 unspecified atom stereocenters. The highest BCUT2D eigenvalue weighted by Crippen LogP contribution is 2.09. The Bertz CT molecular complexity index is 269. The number of unbranched alkanes of at least 4 members (excludes halogenated alkanes) is 3. The van der Waals surface area contributed by atoms with E-state index in [0.717, 1.165) is 19.3 Å². The lowest BCUT2D eigenvalue weighted by Gasteiger charge is -2.21. The van der Waals surface area contributed by atoms with Crippen molar-refractivity contribution in [1.29, 1.82) is 0 Å². The van der Waals surface area contributed by atoms with Crippen molar-refractivity contribution < 1.29 is 14.3 Å². The second-order valence-electron chi connectivity index (χ2n) is 4.85. The topological polar surface area (TPSA) is 67.4 Å². The van der Waals surface area contributed by atoms with E-state index in [0.29, 0.717) is 6.54 Å². The molecule has 0 fully saturated rings. The molecule has 0 rings (SSSR count). The van der Waals surface area contributed by atoms with Crippen molar-refractivity contribution in [2.75, 3.05) is 13.7 Å². The van der Waals surface area contributed by atoms with E-state index in [-0.39, 0.29) is 11.9 Å². The molecule has 0 bridgehead atoms. The number of methoxy groups -OCH3 is 1. The Balaban J connectivity index is 4.06. The third kappa shape index (κ3) is 7.70. The largest absolute Gasteiger partial charge is 0.467 e. The van der Waals surface area contributed by atoms with Crippen molar-refractivity contribution in [2.45, 2.75) is 58.9 Å². The molecule has 0 aromatic heterocycles. The van der Waals surface area contributed by atoms with Gasteiger partial charge in [-0.25, -0.2) is 9.59 Å². The van der Waals surface area contributed by atoms with E-state index in [9.17, 15) is 9.59 Å². The first-order chi connectivity index (χ1) is 9.06. The number of urea groups is 1. The average Bonchev–Trinajstić information content (AvgIpc) is 2.42. The maximum atomic E-state index is 11.7. The lowest BCUT2D eigenvalue weighted by atomic mass is 9.99. The van der Waals surface area contributed by atoms with Crippen LogP contribution in [0, 0.1) is 5.92 Å². The minimum absolute atomic E-state index is 0.0540.